The Morgan fingerprint density at radius 3 is 2.59 bits per heavy atom. The van der Waals surface area contributed by atoms with Gasteiger partial charge in [-0.3, -0.25) is 15.1 Å². The Balaban J connectivity index is 1.43. The van der Waals surface area contributed by atoms with Gasteiger partial charge in [-0.15, -0.1) is 0 Å². The molecule has 32 heavy (non-hydrogen) atoms. The molecule has 1 aromatic heterocycles. The van der Waals surface area contributed by atoms with Gasteiger partial charge in [0.25, 0.3) is 5.91 Å². The summed E-state index contributed by atoms with van der Waals surface area (Å²) in [6, 6.07) is 12.0. The van der Waals surface area contributed by atoms with E-state index in [4.69, 9.17) is 0 Å². The highest BCUT2D eigenvalue weighted by Crippen LogP contribution is 2.35. The van der Waals surface area contributed by atoms with E-state index in [0.29, 0.717) is 24.2 Å². The van der Waals surface area contributed by atoms with E-state index in [2.05, 4.69) is 39.3 Å². The maximum Gasteiger partial charge on any atom is 0.267 e. The molecule has 1 atom stereocenters. The van der Waals surface area contributed by atoms with E-state index >= 15 is 0 Å². The Morgan fingerprint density at radius 1 is 1.16 bits per heavy atom. The van der Waals surface area contributed by atoms with Gasteiger partial charge in [0.2, 0.25) is 0 Å². The Kier molecular flexibility index (Phi) is 5.97. The summed E-state index contributed by atoms with van der Waals surface area (Å²) >= 11 is 0. The molecule has 4 aliphatic rings. The van der Waals surface area contributed by atoms with Crippen LogP contribution in [0.25, 0.3) is 0 Å². The van der Waals surface area contributed by atoms with E-state index in [1.54, 1.807) is 6.20 Å². The second kappa shape index (κ2) is 9.03. The molecule has 0 radical (unpaired) electrons. The van der Waals surface area contributed by atoms with Crippen LogP contribution in [0.3, 0.4) is 0 Å². The van der Waals surface area contributed by atoms with Crippen LogP contribution in [0.5, 0.6) is 0 Å². The van der Waals surface area contributed by atoms with Crippen molar-refractivity contribution in [2.24, 2.45) is 5.92 Å². The monoisotopic (exact) mass is 430 g/mol. The molecule has 1 unspecified atom stereocenters. The average Bonchev–Trinajstić information content (AvgIpc) is 3.32. The topological polar surface area (TPSA) is 68.7 Å². The molecule has 5 heterocycles. The number of benzene rings is 1. The number of nitrogens with one attached hydrogen (secondary N) is 1. The highest BCUT2D eigenvalue weighted by Gasteiger charge is 2.44. The predicted molar refractivity (Wildman–Crippen MR) is 123 cm³/mol. The number of piperidine rings is 3. The van der Waals surface area contributed by atoms with Gasteiger partial charge in [-0.2, -0.15) is 0 Å². The Bertz CT molecular complexity index is 1030. The highest BCUT2D eigenvalue weighted by atomic mass is 16.3. The summed E-state index contributed by atoms with van der Waals surface area (Å²) in [5, 5.41) is 13.2. The molecule has 2 bridgehead atoms. The molecule has 6 rings (SSSR count). The van der Waals surface area contributed by atoms with Crippen molar-refractivity contribution in [3.63, 3.8) is 0 Å². The van der Waals surface area contributed by atoms with Crippen LogP contribution in [0.4, 0.5) is 0 Å². The third kappa shape index (κ3) is 4.56. The molecule has 2 aromatic rings. The molecular weight excluding hydrogens is 400 g/mol. The standard InChI is InChI=1S/C26H30N4O2/c31-25(28-30-12-4-5-13-30)22-17-21(16-20-6-2-1-3-7-20)24(27-18-22)8-11-26(32)19-29-14-9-23(26)10-15-29/h1-3,6-7,17-18,23,32H,4-5,9-10,12-16,19H2,(H,28,31). The number of amides is 1. The van der Waals surface area contributed by atoms with Crippen LogP contribution >= 0.6 is 0 Å². The molecule has 1 aromatic carbocycles. The largest absolute Gasteiger partial charge is 0.376 e. The lowest BCUT2D eigenvalue weighted by atomic mass is 9.76. The first-order valence-corrected chi connectivity index (χ1v) is 11.7. The number of nitrogens with zero attached hydrogens (tertiary/aromatic N) is 3. The first-order chi connectivity index (χ1) is 15.6. The van der Waals surface area contributed by atoms with E-state index in [1.807, 2.05) is 29.3 Å². The minimum absolute atomic E-state index is 0.135. The number of aromatic nitrogens is 1. The lowest BCUT2D eigenvalue weighted by molar-refractivity contribution is -0.0713. The van der Waals surface area contributed by atoms with Crippen LogP contribution in [0, 0.1) is 17.8 Å². The van der Waals surface area contributed by atoms with Gasteiger partial charge < -0.3 is 5.11 Å². The Morgan fingerprint density at radius 2 is 1.91 bits per heavy atom. The van der Waals surface area contributed by atoms with Crippen molar-refractivity contribution in [3.8, 4) is 11.8 Å². The Hall–Kier alpha value is -2.72. The predicted octanol–water partition coefficient (Wildman–Crippen LogP) is 2.22. The van der Waals surface area contributed by atoms with E-state index in [9.17, 15) is 9.90 Å². The van der Waals surface area contributed by atoms with E-state index in [0.717, 1.165) is 63.0 Å². The Labute approximate surface area is 189 Å². The quantitative estimate of drug-likeness (QED) is 0.728. The van der Waals surface area contributed by atoms with Gasteiger partial charge in [-0.25, -0.2) is 9.99 Å². The summed E-state index contributed by atoms with van der Waals surface area (Å²) in [6.07, 6.45) is 6.43. The van der Waals surface area contributed by atoms with Gasteiger partial charge in [0.05, 0.1) is 5.56 Å². The maximum absolute atomic E-state index is 12.8. The summed E-state index contributed by atoms with van der Waals surface area (Å²) in [5.41, 5.74) is 5.22. The number of hydrazine groups is 1. The minimum atomic E-state index is -0.978. The molecule has 166 valence electrons. The first-order valence-electron chi connectivity index (χ1n) is 11.7. The number of carbonyl (C=O) groups excluding carboxylic acids is 1. The first kappa shape index (κ1) is 21.1. The van der Waals surface area contributed by atoms with Gasteiger partial charge in [0.1, 0.15) is 11.3 Å². The lowest BCUT2D eigenvalue weighted by Gasteiger charge is -2.47. The summed E-state index contributed by atoms with van der Waals surface area (Å²) in [5.74, 6) is 6.45. The fraction of sp³-hybridized carbons (Fsp3) is 0.462. The second-order valence-electron chi connectivity index (χ2n) is 9.25. The third-order valence-corrected chi connectivity index (χ3v) is 6.96. The zero-order valence-corrected chi connectivity index (χ0v) is 18.4. The molecule has 4 saturated heterocycles. The molecule has 0 saturated carbocycles. The van der Waals surface area contributed by atoms with Crippen molar-refractivity contribution in [3.05, 3.63) is 65.0 Å². The lowest BCUT2D eigenvalue weighted by Crippen LogP contribution is -2.58. The number of hydrogen-bond donors (Lipinski definition) is 2. The number of aliphatic hydroxyl groups is 1. The van der Waals surface area contributed by atoms with Crippen molar-refractivity contribution in [2.75, 3.05) is 32.7 Å². The number of carbonyl (C=O) groups is 1. The van der Waals surface area contributed by atoms with Crippen molar-refractivity contribution in [1.29, 1.82) is 0 Å². The molecule has 0 aliphatic carbocycles. The fourth-order valence-corrected chi connectivity index (χ4v) is 5.08. The van der Waals surface area contributed by atoms with Gasteiger partial charge in [-0.1, -0.05) is 36.3 Å². The molecule has 6 nitrogen and oxygen atoms in total. The van der Waals surface area contributed by atoms with E-state index < -0.39 is 5.60 Å². The zero-order valence-electron chi connectivity index (χ0n) is 18.4. The van der Waals surface area contributed by atoms with E-state index in [-0.39, 0.29) is 11.8 Å². The SMILES string of the molecule is O=C(NN1CCCC1)c1cnc(C#CC2(O)CN3CCC2CC3)c(Cc2ccccc2)c1. The van der Waals surface area contributed by atoms with Crippen molar-refractivity contribution < 1.29 is 9.90 Å². The normalized spacial score (nSPS) is 27.0. The van der Waals surface area contributed by atoms with Crippen LogP contribution < -0.4 is 5.43 Å². The van der Waals surface area contributed by atoms with Gasteiger partial charge >= 0.3 is 0 Å². The van der Waals surface area contributed by atoms with Gasteiger partial charge in [0, 0.05) is 38.2 Å². The van der Waals surface area contributed by atoms with Crippen molar-refractivity contribution in [2.45, 2.75) is 37.7 Å². The average molecular weight is 431 g/mol. The van der Waals surface area contributed by atoms with Crippen LogP contribution in [-0.2, 0) is 6.42 Å². The minimum Gasteiger partial charge on any atom is -0.376 e. The van der Waals surface area contributed by atoms with Crippen LogP contribution in [0.2, 0.25) is 0 Å². The van der Waals surface area contributed by atoms with Gasteiger partial charge in [0.15, 0.2) is 0 Å². The van der Waals surface area contributed by atoms with Crippen molar-refractivity contribution in [1.82, 2.24) is 20.3 Å². The van der Waals surface area contributed by atoms with Crippen LogP contribution in [-0.4, -0.2) is 64.2 Å². The second-order valence-corrected chi connectivity index (χ2v) is 9.25. The van der Waals surface area contributed by atoms with Gasteiger partial charge in [-0.05, 0) is 61.9 Å². The molecule has 2 N–H and O–H groups in total. The number of pyridine rings is 1. The molecule has 4 fully saturated rings. The smallest absolute Gasteiger partial charge is 0.267 e. The van der Waals surface area contributed by atoms with Crippen LogP contribution in [0.1, 0.15) is 52.9 Å². The molecule has 6 heteroatoms. The molecule has 1 amide bonds. The molecular formula is C26H30N4O2. The summed E-state index contributed by atoms with van der Waals surface area (Å²) in [6.45, 7) is 4.47. The van der Waals surface area contributed by atoms with Crippen LogP contribution in [0.15, 0.2) is 42.6 Å². The van der Waals surface area contributed by atoms with E-state index in [1.165, 1.54) is 0 Å². The number of rotatable bonds is 4. The summed E-state index contributed by atoms with van der Waals surface area (Å²) in [7, 11) is 0. The number of fused-ring (bicyclic) bond motifs is 3. The molecule has 0 spiro atoms. The summed E-state index contributed by atoms with van der Waals surface area (Å²) < 4.78 is 0. The van der Waals surface area contributed by atoms with Crippen molar-refractivity contribution >= 4 is 5.91 Å². The zero-order chi connectivity index (χ0) is 22.0. The number of hydrogen-bond acceptors (Lipinski definition) is 5. The summed E-state index contributed by atoms with van der Waals surface area (Å²) in [4.78, 5) is 19.6. The third-order valence-electron chi connectivity index (χ3n) is 6.96. The molecule has 4 aliphatic heterocycles. The maximum atomic E-state index is 12.8. The highest BCUT2D eigenvalue weighted by molar-refractivity contribution is 5.93. The fourth-order valence-electron chi connectivity index (χ4n) is 5.08.